The van der Waals surface area contributed by atoms with Crippen LogP contribution < -0.4 is 0 Å². The second-order valence-electron chi connectivity index (χ2n) is 12.7. The lowest BCUT2D eigenvalue weighted by Crippen LogP contribution is -2.61. The van der Waals surface area contributed by atoms with Crippen molar-refractivity contribution in [3.63, 3.8) is 0 Å². The molecule has 36 heavy (non-hydrogen) atoms. The van der Waals surface area contributed by atoms with E-state index in [1.807, 2.05) is 0 Å². The number of cyclic esters (lactones) is 1. The van der Waals surface area contributed by atoms with E-state index in [-0.39, 0.29) is 54.3 Å². The lowest BCUT2D eigenvalue weighted by Gasteiger charge is -2.63. The topological polar surface area (TPSA) is 105 Å². The largest absolute Gasteiger partial charge is 0.469 e. The van der Waals surface area contributed by atoms with Gasteiger partial charge in [0.05, 0.1) is 18.9 Å². The Kier molecular flexibility index (Phi) is 6.97. The summed E-state index contributed by atoms with van der Waals surface area (Å²) in [6, 6.07) is 0. The fourth-order valence-electron chi connectivity index (χ4n) is 9.01. The predicted octanol–water partition coefficient (Wildman–Crippen LogP) is 4.37. The smallest absolute Gasteiger partial charge is 0.311 e. The molecule has 3 aliphatic carbocycles. The summed E-state index contributed by atoms with van der Waals surface area (Å²) in [5.74, 6) is -0.652. The first-order valence-electron chi connectivity index (χ1n) is 13.4. The Bertz CT molecular complexity index is 931. The highest BCUT2D eigenvalue weighted by Crippen LogP contribution is 2.66. The molecule has 202 valence electrons. The van der Waals surface area contributed by atoms with Gasteiger partial charge in [0.2, 0.25) is 0 Å². The van der Waals surface area contributed by atoms with Crippen LogP contribution in [0.2, 0.25) is 0 Å². The summed E-state index contributed by atoms with van der Waals surface area (Å²) in [6.07, 6.45) is 6.28. The van der Waals surface area contributed by atoms with Crippen molar-refractivity contribution in [3.05, 3.63) is 0 Å². The summed E-state index contributed by atoms with van der Waals surface area (Å²) >= 11 is 0. The molecule has 1 heterocycles. The molecule has 8 atom stereocenters. The average molecular weight is 507 g/mol. The van der Waals surface area contributed by atoms with E-state index in [9.17, 15) is 19.2 Å². The number of ether oxygens (including phenoxy) is 4. The maximum atomic E-state index is 12.9. The normalized spacial score (nSPS) is 44.0. The number of carbonyl (C=O) groups excluding carboxylic acids is 4. The lowest BCUT2D eigenvalue weighted by molar-refractivity contribution is -0.210. The summed E-state index contributed by atoms with van der Waals surface area (Å²) < 4.78 is 22.4. The summed E-state index contributed by atoms with van der Waals surface area (Å²) in [5, 5.41) is 0. The number of fused-ring (bicyclic) bond motifs is 3. The monoisotopic (exact) mass is 506 g/mol. The van der Waals surface area contributed by atoms with Gasteiger partial charge in [0, 0.05) is 25.7 Å². The van der Waals surface area contributed by atoms with Crippen molar-refractivity contribution in [1.29, 1.82) is 0 Å². The summed E-state index contributed by atoms with van der Waals surface area (Å²) in [7, 11) is 1.48. The highest BCUT2D eigenvalue weighted by molar-refractivity contribution is 5.77. The molecule has 8 heteroatoms. The molecule has 4 fully saturated rings. The molecule has 0 radical (unpaired) electrons. The molecule has 0 amide bonds. The maximum Gasteiger partial charge on any atom is 0.311 e. The molecule has 0 N–H and O–H groups in total. The lowest BCUT2D eigenvalue weighted by atomic mass is 9.42. The van der Waals surface area contributed by atoms with Crippen LogP contribution in [0, 0.1) is 34.0 Å². The molecule has 0 bridgehead atoms. The molecule has 4 aliphatic rings. The van der Waals surface area contributed by atoms with Gasteiger partial charge in [0.1, 0.15) is 12.7 Å². The first kappa shape index (κ1) is 26.9. The van der Waals surface area contributed by atoms with E-state index >= 15 is 0 Å². The van der Waals surface area contributed by atoms with Crippen LogP contribution in [-0.4, -0.2) is 49.3 Å². The fraction of sp³-hybridized carbons (Fsp3) is 0.857. The molecular weight excluding hydrogens is 464 g/mol. The fourth-order valence-corrected chi connectivity index (χ4v) is 9.01. The van der Waals surface area contributed by atoms with Crippen LogP contribution in [0.4, 0.5) is 0 Å². The molecule has 0 spiro atoms. The molecule has 8 nitrogen and oxygen atoms in total. The van der Waals surface area contributed by atoms with E-state index in [2.05, 4.69) is 20.8 Å². The van der Waals surface area contributed by atoms with Crippen molar-refractivity contribution in [2.75, 3.05) is 13.7 Å². The third-order valence-electron chi connectivity index (χ3n) is 10.2. The Balaban J connectivity index is 1.67. The minimum Gasteiger partial charge on any atom is -0.469 e. The molecular formula is C28H42O8. The van der Waals surface area contributed by atoms with Crippen LogP contribution in [0.5, 0.6) is 0 Å². The van der Waals surface area contributed by atoms with Gasteiger partial charge in [0.15, 0.2) is 5.60 Å². The van der Waals surface area contributed by atoms with Crippen molar-refractivity contribution in [3.8, 4) is 0 Å². The summed E-state index contributed by atoms with van der Waals surface area (Å²) in [5.41, 5.74) is -2.10. The van der Waals surface area contributed by atoms with Crippen molar-refractivity contribution < 1.29 is 38.1 Å². The van der Waals surface area contributed by atoms with Crippen molar-refractivity contribution >= 4 is 23.9 Å². The molecule has 3 saturated carbocycles. The Morgan fingerprint density at radius 2 is 1.72 bits per heavy atom. The number of hydrogen-bond donors (Lipinski definition) is 0. The van der Waals surface area contributed by atoms with E-state index in [0.29, 0.717) is 12.3 Å². The molecule has 1 unspecified atom stereocenters. The first-order chi connectivity index (χ1) is 16.8. The maximum absolute atomic E-state index is 12.9. The van der Waals surface area contributed by atoms with Crippen molar-refractivity contribution in [2.24, 2.45) is 34.0 Å². The number of esters is 4. The minimum absolute atomic E-state index is 0.0142. The van der Waals surface area contributed by atoms with Crippen LogP contribution in [0.15, 0.2) is 0 Å². The third-order valence-corrected chi connectivity index (χ3v) is 10.2. The van der Waals surface area contributed by atoms with Gasteiger partial charge in [0.25, 0.3) is 0 Å². The predicted molar refractivity (Wildman–Crippen MR) is 129 cm³/mol. The van der Waals surface area contributed by atoms with Crippen LogP contribution in [0.1, 0.15) is 92.4 Å². The van der Waals surface area contributed by atoms with Crippen LogP contribution >= 0.6 is 0 Å². The van der Waals surface area contributed by atoms with Gasteiger partial charge >= 0.3 is 23.9 Å². The Labute approximate surface area is 214 Å². The standard InChI is InChI=1S/C28H42O8/c1-17(29)35-23-19-8-9-21-26(4,11-7-12-27(21,5)24(32)33-6)20(19)10-13-25(23,3)15-28(36-18(2)30)14-22(31)34-16-28/h19-21,23H,7-16H2,1-6H3/t19-,20+,21-,23+,25-,26-,27-,28?/m1/s1. The van der Waals surface area contributed by atoms with Crippen molar-refractivity contribution in [2.45, 2.75) is 104 Å². The van der Waals surface area contributed by atoms with Gasteiger partial charge in [-0.15, -0.1) is 0 Å². The van der Waals surface area contributed by atoms with E-state index in [0.717, 1.165) is 44.9 Å². The third kappa shape index (κ3) is 4.43. The van der Waals surface area contributed by atoms with Crippen LogP contribution in [0.3, 0.4) is 0 Å². The molecule has 0 aromatic carbocycles. The molecule has 4 rings (SSSR count). The molecule has 1 saturated heterocycles. The SMILES string of the molecule is COC(=O)[C@]1(C)CCC[C@@]2(C)[C@H]1CC[C@H]1[C@H](OC(C)=O)[C@@](C)(CC3(OC(C)=O)COC(=O)C3)CC[C@@H]12. The zero-order chi connectivity index (χ0) is 26.5. The Hall–Kier alpha value is -2.12. The van der Waals surface area contributed by atoms with Crippen LogP contribution in [-0.2, 0) is 38.1 Å². The molecule has 0 aromatic rings. The second kappa shape index (κ2) is 9.32. The van der Waals surface area contributed by atoms with E-state index in [1.54, 1.807) is 0 Å². The second-order valence-corrected chi connectivity index (χ2v) is 12.7. The van der Waals surface area contributed by atoms with Gasteiger partial charge in [-0.25, -0.2) is 0 Å². The number of methoxy groups -OCH3 is 1. The van der Waals surface area contributed by atoms with Gasteiger partial charge in [-0.05, 0) is 68.6 Å². The van der Waals surface area contributed by atoms with Gasteiger partial charge < -0.3 is 18.9 Å². The number of rotatable bonds is 5. The van der Waals surface area contributed by atoms with Crippen LogP contribution in [0.25, 0.3) is 0 Å². The highest BCUT2D eigenvalue weighted by atomic mass is 16.6. The Morgan fingerprint density at radius 3 is 2.31 bits per heavy atom. The average Bonchev–Trinajstić information content (AvgIpc) is 3.13. The number of carbonyl (C=O) groups is 4. The quantitative estimate of drug-likeness (QED) is 0.400. The van der Waals surface area contributed by atoms with Gasteiger partial charge in [-0.3, -0.25) is 19.2 Å². The van der Waals surface area contributed by atoms with Gasteiger partial charge in [-0.1, -0.05) is 20.3 Å². The first-order valence-corrected chi connectivity index (χ1v) is 13.4. The highest BCUT2D eigenvalue weighted by Gasteiger charge is 2.64. The zero-order valence-electron chi connectivity index (χ0n) is 22.6. The minimum atomic E-state index is -1.04. The molecule has 0 aromatic heterocycles. The summed E-state index contributed by atoms with van der Waals surface area (Å²) in [4.78, 5) is 49.3. The van der Waals surface area contributed by atoms with E-state index in [4.69, 9.17) is 18.9 Å². The number of hydrogen-bond acceptors (Lipinski definition) is 8. The zero-order valence-corrected chi connectivity index (χ0v) is 22.6. The van der Waals surface area contributed by atoms with Crippen molar-refractivity contribution in [1.82, 2.24) is 0 Å². The van der Waals surface area contributed by atoms with E-state index in [1.165, 1.54) is 21.0 Å². The molecule has 1 aliphatic heterocycles. The summed E-state index contributed by atoms with van der Waals surface area (Å²) in [6.45, 7) is 9.30. The van der Waals surface area contributed by atoms with Gasteiger partial charge in [-0.2, -0.15) is 0 Å². The van der Waals surface area contributed by atoms with E-state index < -0.39 is 22.4 Å². The Morgan fingerprint density at radius 1 is 1.00 bits per heavy atom.